The predicted molar refractivity (Wildman–Crippen MR) is 85.9 cm³/mol. The Kier molecular flexibility index (Phi) is 4.80. The predicted octanol–water partition coefficient (Wildman–Crippen LogP) is 4.29. The van der Waals surface area contributed by atoms with Crippen molar-refractivity contribution in [2.45, 2.75) is 13.5 Å². The number of halogens is 1. The number of nitro benzene ring substituents is 1. The summed E-state index contributed by atoms with van der Waals surface area (Å²) in [6.07, 6.45) is 0. The molecule has 0 aromatic heterocycles. The Morgan fingerprint density at radius 2 is 2.10 bits per heavy atom. The molecule has 21 heavy (non-hydrogen) atoms. The molecule has 0 aliphatic heterocycles. The lowest BCUT2D eigenvalue weighted by Gasteiger charge is -2.11. The van der Waals surface area contributed by atoms with Gasteiger partial charge in [-0.3, -0.25) is 10.1 Å². The van der Waals surface area contributed by atoms with Crippen LogP contribution in [0.3, 0.4) is 0 Å². The van der Waals surface area contributed by atoms with E-state index in [9.17, 15) is 10.1 Å². The van der Waals surface area contributed by atoms with Gasteiger partial charge in [-0.2, -0.15) is 0 Å². The normalized spacial score (nSPS) is 10.2. The number of ether oxygens (including phenoxy) is 1. The number of nitrogens with zero attached hydrogens (tertiary/aromatic N) is 1. The molecule has 0 amide bonds. The minimum Gasteiger partial charge on any atom is -0.490 e. The Bertz CT molecular complexity index is 674. The zero-order chi connectivity index (χ0) is 15.4. The van der Waals surface area contributed by atoms with E-state index in [4.69, 9.17) is 4.74 Å². The first-order chi connectivity index (χ1) is 10.0. The van der Waals surface area contributed by atoms with Crippen LogP contribution in [0.1, 0.15) is 11.1 Å². The maximum atomic E-state index is 11.0. The molecular formula is C15H15BrN2O3. The molecule has 0 fully saturated rings. The van der Waals surface area contributed by atoms with Crippen molar-refractivity contribution >= 4 is 27.3 Å². The molecule has 0 unspecified atom stereocenters. The zero-order valence-corrected chi connectivity index (χ0v) is 13.3. The first kappa shape index (κ1) is 15.3. The van der Waals surface area contributed by atoms with Gasteiger partial charge in [0.25, 0.3) is 0 Å². The number of anilines is 1. The molecule has 110 valence electrons. The van der Waals surface area contributed by atoms with Gasteiger partial charge in [0.2, 0.25) is 0 Å². The number of methoxy groups -OCH3 is 1. The van der Waals surface area contributed by atoms with Gasteiger partial charge in [0.05, 0.1) is 12.0 Å². The van der Waals surface area contributed by atoms with Crippen LogP contribution in [-0.4, -0.2) is 12.0 Å². The largest absolute Gasteiger partial charge is 0.490 e. The monoisotopic (exact) mass is 350 g/mol. The lowest BCUT2D eigenvalue weighted by Crippen LogP contribution is -2.02. The molecule has 0 spiro atoms. The molecule has 5 nitrogen and oxygen atoms in total. The summed E-state index contributed by atoms with van der Waals surface area (Å²) in [5.41, 5.74) is 2.88. The molecule has 0 atom stereocenters. The quantitative estimate of drug-likeness (QED) is 0.645. The molecule has 2 aromatic rings. The second kappa shape index (κ2) is 6.58. The smallest absolute Gasteiger partial charge is 0.311 e. The van der Waals surface area contributed by atoms with E-state index in [2.05, 4.69) is 21.2 Å². The van der Waals surface area contributed by atoms with E-state index in [1.807, 2.05) is 31.2 Å². The van der Waals surface area contributed by atoms with Crippen LogP contribution < -0.4 is 10.1 Å². The summed E-state index contributed by atoms with van der Waals surface area (Å²) in [6, 6.07) is 10.8. The average molecular weight is 351 g/mol. The molecule has 2 rings (SSSR count). The van der Waals surface area contributed by atoms with E-state index in [0.717, 1.165) is 21.3 Å². The van der Waals surface area contributed by atoms with Crippen LogP contribution in [0.4, 0.5) is 11.4 Å². The fourth-order valence-corrected chi connectivity index (χ4v) is 2.35. The minimum atomic E-state index is -0.438. The lowest BCUT2D eigenvalue weighted by atomic mass is 10.1. The summed E-state index contributed by atoms with van der Waals surface area (Å²) in [5, 5.41) is 14.3. The summed E-state index contributed by atoms with van der Waals surface area (Å²) in [6.45, 7) is 2.50. The molecule has 0 heterocycles. The fraction of sp³-hybridized carbons (Fsp3) is 0.200. The molecule has 2 aromatic carbocycles. The van der Waals surface area contributed by atoms with Gasteiger partial charge in [-0.15, -0.1) is 0 Å². The molecule has 1 N–H and O–H groups in total. The molecule has 0 saturated carbocycles. The summed E-state index contributed by atoms with van der Waals surface area (Å²) < 4.78 is 6.01. The maximum Gasteiger partial charge on any atom is 0.311 e. The van der Waals surface area contributed by atoms with Gasteiger partial charge in [0.15, 0.2) is 5.75 Å². The highest BCUT2D eigenvalue weighted by molar-refractivity contribution is 9.10. The first-order valence-electron chi connectivity index (χ1n) is 6.33. The van der Waals surface area contributed by atoms with Crippen LogP contribution in [0.5, 0.6) is 5.75 Å². The van der Waals surface area contributed by atoms with Gasteiger partial charge in [0, 0.05) is 22.8 Å². The third-order valence-electron chi connectivity index (χ3n) is 3.19. The summed E-state index contributed by atoms with van der Waals surface area (Å²) in [4.78, 5) is 10.6. The van der Waals surface area contributed by atoms with Gasteiger partial charge in [-0.1, -0.05) is 28.1 Å². The molecule has 0 aliphatic carbocycles. The molecule has 0 aliphatic rings. The van der Waals surface area contributed by atoms with Gasteiger partial charge in [-0.25, -0.2) is 0 Å². The number of nitrogens with one attached hydrogen (secondary N) is 1. The number of nitro groups is 1. The molecule has 6 heteroatoms. The van der Waals surface area contributed by atoms with Crippen molar-refractivity contribution in [3.63, 3.8) is 0 Å². The van der Waals surface area contributed by atoms with Crippen molar-refractivity contribution in [3.8, 4) is 5.75 Å². The minimum absolute atomic E-state index is 0.0252. The van der Waals surface area contributed by atoms with Crippen LogP contribution in [-0.2, 0) is 6.54 Å². The van der Waals surface area contributed by atoms with Crippen molar-refractivity contribution in [3.05, 3.63) is 62.1 Å². The second-order valence-electron chi connectivity index (χ2n) is 4.53. The average Bonchev–Trinajstić information content (AvgIpc) is 2.48. The Labute approximate surface area is 131 Å². The van der Waals surface area contributed by atoms with E-state index in [1.165, 1.54) is 13.2 Å². The van der Waals surface area contributed by atoms with E-state index in [0.29, 0.717) is 6.54 Å². The summed E-state index contributed by atoms with van der Waals surface area (Å²) >= 11 is 3.48. The lowest BCUT2D eigenvalue weighted by molar-refractivity contribution is -0.385. The van der Waals surface area contributed by atoms with Crippen molar-refractivity contribution in [2.24, 2.45) is 0 Å². The SMILES string of the molecule is COc1ccc(CNc2cccc(Br)c2C)cc1[N+](=O)[O-]. The van der Waals surface area contributed by atoms with Crippen LogP contribution in [0.25, 0.3) is 0 Å². The van der Waals surface area contributed by atoms with Gasteiger partial charge in [-0.05, 0) is 36.2 Å². The summed E-state index contributed by atoms with van der Waals surface area (Å²) in [5.74, 6) is 0.266. The Balaban J connectivity index is 2.19. The van der Waals surface area contributed by atoms with Crippen molar-refractivity contribution in [1.29, 1.82) is 0 Å². The molecule has 0 radical (unpaired) electrons. The topological polar surface area (TPSA) is 64.4 Å². The fourth-order valence-electron chi connectivity index (χ4n) is 1.98. The van der Waals surface area contributed by atoms with Crippen molar-refractivity contribution < 1.29 is 9.66 Å². The van der Waals surface area contributed by atoms with E-state index >= 15 is 0 Å². The maximum absolute atomic E-state index is 11.0. The van der Waals surface area contributed by atoms with Crippen LogP contribution in [0.15, 0.2) is 40.9 Å². The highest BCUT2D eigenvalue weighted by atomic mass is 79.9. The number of hydrogen-bond donors (Lipinski definition) is 1. The highest BCUT2D eigenvalue weighted by Gasteiger charge is 2.15. The number of hydrogen-bond acceptors (Lipinski definition) is 4. The third-order valence-corrected chi connectivity index (χ3v) is 4.05. The Morgan fingerprint density at radius 3 is 2.76 bits per heavy atom. The number of benzene rings is 2. The standard InChI is InChI=1S/C15H15BrN2O3/c1-10-12(16)4-3-5-13(10)17-9-11-6-7-15(21-2)14(8-11)18(19)20/h3-8,17H,9H2,1-2H3. The first-order valence-corrected chi connectivity index (χ1v) is 7.12. The van der Waals surface area contributed by atoms with Crippen LogP contribution in [0.2, 0.25) is 0 Å². The van der Waals surface area contributed by atoms with Gasteiger partial charge < -0.3 is 10.1 Å². The van der Waals surface area contributed by atoms with E-state index in [1.54, 1.807) is 6.07 Å². The Hall–Kier alpha value is -2.08. The van der Waals surface area contributed by atoms with Crippen LogP contribution in [0, 0.1) is 17.0 Å². The molecule has 0 saturated heterocycles. The number of rotatable bonds is 5. The highest BCUT2D eigenvalue weighted by Crippen LogP contribution is 2.28. The Morgan fingerprint density at radius 1 is 1.33 bits per heavy atom. The summed E-state index contributed by atoms with van der Waals surface area (Å²) in [7, 11) is 1.42. The molecule has 0 bridgehead atoms. The van der Waals surface area contributed by atoms with E-state index in [-0.39, 0.29) is 11.4 Å². The second-order valence-corrected chi connectivity index (χ2v) is 5.38. The zero-order valence-electron chi connectivity index (χ0n) is 11.7. The molecular weight excluding hydrogens is 336 g/mol. The van der Waals surface area contributed by atoms with E-state index < -0.39 is 4.92 Å². The van der Waals surface area contributed by atoms with Crippen molar-refractivity contribution in [2.75, 3.05) is 12.4 Å². The van der Waals surface area contributed by atoms with Crippen LogP contribution >= 0.6 is 15.9 Å². The third kappa shape index (κ3) is 3.52. The van der Waals surface area contributed by atoms with Crippen molar-refractivity contribution in [1.82, 2.24) is 0 Å². The van der Waals surface area contributed by atoms with Gasteiger partial charge in [0.1, 0.15) is 0 Å². The van der Waals surface area contributed by atoms with Gasteiger partial charge >= 0.3 is 5.69 Å².